The molecule has 3 heterocycles. The van der Waals surface area contributed by atoms with Crippen LogP contribution in [0, 0.1) is 11.3 Å². The Morgan fingerprint density at radius 3 is 2.89 bits per heavy atom. The molecule has 28 heavy (non-hydrogen) atoms. The van der Waals surface area contributed by atoms with E-state index in [-0.39, 0.29) is 39.1 Å². The Hall–Kier alpha value is -3.20. The number of aliphatic imine (C=N–C) groups is 1. The number of amidine groups is 2. The summed E-state index contributed by atoms with van der Waals surface area (Å²) in [7, 11) is 0. The largest absolute Gasteiger partial charge is 0.508 e. The average molecular weight is 396 g/mol. The molecule has 8 nitrogen and oxygen atoms in total. The maximum absolute atomic E-state index is 12.7. The zero-order valence-electron chi connectivity index (χ0n) is 15.1. The lowest BCUT2D eigenvalue weighted by atomic mass is 10.1. The monoisotopic (exact) mass is 396 g/mol. The first-order chi connectivity index (χ1) is 13.3. The van der Waals surface area contributed by atoms with E-state index in [1.807, 2.05) is 0 Å². The van der Waals surface area contributed by atoms with E-state index in [9.17, 15) is 14.7 Å². The van der Waals surface area contributed by atoms with Crippen LogP contribution in [-0.2, 0) is 4.79 Å². The van der Waals surface area contributed by atoms with Gasteiger partial charge in [0.1, 0.15) is 22.6 Å². The maximum Gasteiger partial charge on any atom is 0.283 e. The molecule has 0 fully saturated rings. The van der Waals surface area contributed by atoms with Gasteiger partial charge in [-0.1, -0.05) is 13.8 Å². The summed E-state index contributed by atoms with van der Waals surface area (Å²) in [5.41, 5.74) is -0.0622. The first-order valence-corrected chi connectivity index (χ1v) is 9.39. The van der Waals surface area contributed by atoms with Crippen LogP contribution in [0.2, 0.25) is 0 Å². The third-order valence-electron chi connectivity index (χ3n) is 4.16. The number of phenols is 1. The summed E-state index contributed by atoms with van der Waals surface area (Å²) in [5, 5.41) is 25.0. The maximum atomic E-state index is 12.7. The summed E-state index contributed by atoms with van der Waals surface area (Å²) in [6.45, 7) is 4.12. The molecule has 2 aliphatic heterocycles. The molecule has 2 aliphatic rings. The molecule has 0 saturated carbocycles. The molecule has 2 aromatic rings. The number of benzene rings is 1. The molecule has 2 N–H and O–H groups in total. The van der Waals surface area contributed by atoms with Crippen molar-refractivity contribution in [2.45, 2.75) is 20.3 Å². The highest BCUT2D eigenvalue weighted by atomic mass is 32.2. The van der Waals surface area contributed by atoms with Crippen molar-refractivity contribution in [2.75, 3.05) is 0 Å². The van der Waals surface area contributed by atoms with Crippen LogP contribution in [0.25, 0.3) is 17.0 Å². The lowest BCUT2D eigenvalue weighted by molar-refractivity contribution is -0.114. The molecular weight excluding hydrogens is 380 g/mol. The van der Waals surface area contributed by atoms with Gasteiger partial charge in [-0.3, -0.25) is 15.0 Å². The number of nitrogens with one attached hydrogen (secondary N) is 1. The smallest absolute Gasteiger partial charge is 0.283 e. The highest BCUT2D eigenvalue weighted by molar-refractivity contribution is 8.26. The summed E-state index contributed by atoms with van der Waals surface area (Å²) < 4.78 is 5.40. The normalized spacial score (nSPS) is 18.1. The minimum absolute atomic E-state index is 0.0190. The number of rotatable bonds is 3. The van der Waals surface area contributed by atoms with Gasteiger partial charge in [0.15, 0.2) is 11.3 Å². The van der Waals surface area contributed by atoms with Crippen LogP contribution in [0.4, 0.5) is 0 Å². The van der Waals surface area contributed by atoms with Gasteiger partial charge < -0.3 is 9.52 Å². The number of carbonyl (C=O) groups is 1. The van der Waals surface area contributed by atoms with Crippen molar-refractivity contribution < 1.29 is 14.3 Å². The van der Waals surface area contributed by atoms with E-state index in [0.29, 0.717) is 11.1 Å². The van der Waals surface area contributed by atoms with Crippen LogP contribution in [0.15, 0.2) is 49.3 Å². The van der Waals surface area contributed by atoms with Crippen molar-refractivity contribution in [1.82, 2.24) is 5.01 Å². The second kappa shape index (κ2) is 6.75. The third-order valence-corrected chi connectivity index (χ3v) is 5.09. The van der Waals surface area contributed by atoms with E-state index >= 15 is 0 Å². The lowest BCUT2D eigenvalue weighted by Gasteiger charge is -2.20. The molecule has 0 spiro atoms. The minimum atomic E-state index is -0.602. The molecule has 1 aromatic heterocycles. The van der Waals surface area contributed by atoms with E-state index < -0.39 is 5.91 Å². The van der Waals surface area contributed by atoms with E-state index in [4.69, 9.17) is 9.83 Å². The molecule has 0 aliphatic carbocycles. The van der Waals surface area contributed by atoms with E-state index in [1.165, 1.54) is 47.3 Å². The fraction of sp³-hybridized carbons (Fsp3) is 0.211. The zero-order valence-corrected chi connectivity index (χ0v) is 15.9. The van der Waals surface area contributed by atoms with Crippen molar-refractivity contribution in [3.63, 3.8) is 0 Å². The Morgan fingerprint density at radius 1 is 1.36 bits per heavy atom. The SMILES string of the molecule is CC(C)CC1=NN2C(=N)C(=Cc3coc4cc(O)ccc4c3=O)C(=O)N=C2S1. The van der Waals surface area contributed by atoms with Crippen molar-refractivity contribution in [3.05, 3.63) is 45.8 Å². The van der Waals surface area contributed by atoms with Crippen molar-refractivity contribution in [2.24, 2.45) is 16.0 Å². The Labute approximate surface area is 163 Å². The summed E-state index contributed by atoms with van der Waals surface area (Å²) >= 11 is 1.28. The zero-order chi connectivity index (χ0) is 20.0. The Morgan fingerprint density at radius 2 is 2.14 bits per heavy atom. The van der Waals surface area contributed by atoms with Gasteiger partial charge in [0.2, 0.25) is 5.17 Å². The number of thioether (sulfide) groups is 1. The van der Waals surface area contributed by atoms with Gasteiger partial charge in [-0.2, -0.15) is 15.1 Å². The Kier molecular flexibility index (Phi) is 4.38. The van der Waals surface area contributed by atoms with Crippen LogP contribution in [-0.4, -0.2) is 32.1 Å². The molecule has 1 aromatic carbocycles. The number of fused-ring (bicyclic) bond motifs is 2. The van der Waals surface area contributed by atoms with Crippen LogP contribution in [0.1, 0.15) is 25.8 Å². The molecule has 4 rings (SSSR count). The number of hydrogen-bond donors (Lipinski definition) is 2. The number of carbonyl (C=O) groups excluding carboxylic acids is 1. The number of phenolic OH excluding ortho intramolecular Hbond substituents is 1. The number of amides is 1. The van der Waals surface area contributed by atoms with Gasteiger partial charge in [-0.25, -0.2) is 0 Å². The van der Waals surface area contributed by atoms with Crippen LogP contribution in [0.3, 0.4) is 0 Å². The Bertz CT molecular complexity index is 1180. The molecule has 0 unspecified atom stereocenters. The first kappa shape index (κ1) is 18.2. The highest BCUT2D eigenvalue weighted by Crippen LogP contribution is 2.30. The van der Waals surface area contributed by atoms with Crippen molar-refractivity contribution >= 4 is 50.8 Å². The van der Waals surface area contributed by atoms with Gasteiger partial charge in [0.25, 0.3) is 5.91 Å². The number of aromatic hydroxyl groups is 1. The molecule has 0 atom stereocenters. The third kappa shape index (κ3) is 3.13. The molecule has 9 heteroatoms. The van der Waals surface area contributed by atoms with Gasteiger partial charge in [0, 0.05) is 12.5 Å². The fourth-order valence-corrected chi connectivity index (χ4v) is 3.95. The molecule has 1 amide bonds. The summed E-state index contributed by atoms with van der Waals surface area (Å²) in [6, 6.07) is 4.17. The average Bonchev–Trinajstić information content (AvgIpc) is 3.02. The van der Waals surface area contributed by atoms with Crippen molar-refractivity contribution in [1.29, 1.82) is 5.41 Å². The molecule has 142 valence electrons. The predicted molar refractivity (Wildman–Crippen MR) is 109 cm³/mol. The van der Waals surface area contributed by atoms with E-state index in [1.54, 1.807) is 0 Å². The van der Waals surface area contributed by atoms with Gasteiger partial charge in [-0.15, -0.1) is 0 Å². The standard InChI is InChI=1S/C19H16N4O4S/c1-9(2)5-15-22-23-17(20)13(18(26)21-19(23)28-15)6-10-8-27-14-7-11(24)3-4-12(14)16(10)25/h3-4,6-9,20,24H,5H2,1-2H3. The van der Waals surface area contributed by atoms with Gasteiger partial charge in [-0.05, 0) is 35.9 Å². The number of nitrogens with zero attached hydrogens (tertiary/aromatic N) is 3. The summed E-state index contributed by atoms with van der Waals surface area (Å²) in [4.78, 5) is 29.1. The number of hydrogen-bond acceptors (Lipinski definition) is 7. The highest BCUT2D eigenvalue weighted by Gasteiger charge is 2.35. The van der Waals surface area contributed by atoms with Crippen molar-refractivity contribution in [3.8, 4) is 5.75 Å². The van der Waals surface area contributed by atoms with E-state index in [0.717, 1.165) is 11.5 Å². The second-order valence-electron chi connectivity index (χ2n) is 6.81. The quantitative estimate of drug-likeness (QED) is 0.769. The lowest BCUT2D eigenvalue weighted by Crippen LogP contribution is -2.35. The molecule has 0 radical (unpaired) electrons. The van der Waals surface area contributed by atoms with E-state index in [2.05, 4.69) is 23.9 Å². The molecule has 0 bridgehead atoms. The number of hydrazone groups is 1. The first-order valence-electron chi connectivity index (χ1n) is 8.57. The van der Waals surface area contributed by atoms with Gasteiger partial charge >= 0.3 is 0 Å². The van der Waals surface area contributed by atoms with Crippen LogP contribution in [0.5, 0.6) is 5.75 Å². The second-order valence-corrected chi connectivity index (χ2v) is 7.85. The predicted octanol–water partition coefficient (Wildman–Crippen LogP) is 3.16. The van der Waals surface area contributed by atoms with Crippen LogP contribution >= 0.6 is 11.8 Å². The molecular formula is C19H16N4O4S. The minimum Gasteiger partial charge on any atom is -0.508 e. The molecule has 0 saturated heterocycles. The topological polar surface area (TPSA) is 119 Å². The summed E-state index contributed by atoms with van der Waals surface area (Å²) in [5.74, 6) is -0.370. The summed E-state index contributed by atoms with van der Waals surface area (Å²) in [6.07, 6.45) is 3.22. The Balaban J connectivity index is 1.74. The van der Waals surface area contributed by atoms with Crippen LogP contribution < -0.4 is 5.43 Å². The fourth-order valence-electron chi connectivity index (χ4n) is 2.85. The van der Waals surface area contributed by atoms with Gasteiger partial charge in [0.05, 0.1) is 16.5 Å².